The van der Waals surface area contributed by atoms with E-state index in [2.05, 4.69) is 20.9 Å². The van der Waals surface area contributed by atoms with Crippen LogP contribution in [0.2, 0.25) is 10.0 Å². The van der Waals surface area contributed by atoms with Crippen molar-refractivity contribution in [2.75, 3.05) is 18.4 Å². The fourth-order valence-electron chi connectivity index (χ4n) is 3.03. The monoisotopic (exact) mass is 560 g/mol. The van der Waals surface area contributed by atoms with Gasteiger partial charge >= 0.3 is 12.1 Å². The Morgan fingerprint density at radius 1 is 1.11 bits per heavy atom. The molecule has 2 aromatic carbocycles. The van der Waals surface area contributed by atoms with Crippen LogP contribution in [-0.4, -0.2) is 35.8 Å². The Bertz CT molecular complexity index is 1280. The first-order chi connectivity index (χ1) is 16.8. The van der Waals surface area contributed by atoms with Crippen molar-refractivity contribution in [1.82, 2.24) is 15.6 Å². The van der Waals surface area contributed by atoms with Crippen molar-refractivity contribution in [3.05, 3.63) is 51.5 Å². The SMILES string of the molecule is CC(Oc1cc2sc(NC(=O)NCCNC(=O)OC(C)(C)C)nc2cc1F)c1c(Cl)ccc(F)c1Cl. The van der Waals surface area contributed by atoms with Gasteiger partial charge in [-0.05, 0) is 39.8 Å². The van der Waals surface area contributed by atoms with Crippen LogP contribution in [0.4, 0.5) is 23.5 Å². The third-order valence-corrected chi connectivity index (χ3v) is 6.18. The molecule has 0 bridgehead atoms. The quantitative estimate of drug-likeness (QED) is 0.221. The molecule has 3 amide bonds. The molecule has 0 saturated carbocycles. The van der Waals surface area contributed by atoms with Gasteiger partial charge < -0.3 is 20.1 Å². The van der Waals surface area contributed by atoms with E-state index in [1.165, 1.54) is 12.1 Å². The first-order valence-corrected chi connectivity index (χ1v) is 12.3. The summed E-state index contributed by atoms with van der Waals surface area (Å²) in [6.07, 6.45) is -1.44. The third-order valence-electron chi connectivity index (χ3n) is 4.53. The van der Waals surface area contributed by atoms with Gasteiger partial charge in [0, 0.05) is 35.8 Å². The minimum atomic E-state index is -0.849. The molecule has 8 nitrogen and oxygen atoms in total. The first kappa shape index (κ1) is 27.7. The second-order valence-electron chi connectivity index (χ2n) is 8.60. The van der Waals surface area contributed by atoms with E-state index < -0.39 is 35.5 Å². The van der Waals surface area contributed by atoms with Gasteiger partial charge in [0.15, 0.2) is 16.7 Å². The van der Waals surface area contributed by atoms with Gasteiger partial charge in [0.05, 0.1) is 15.2 Å². The Morgan fingerprint density at radius 2 is 1.81 bits per heavy atom. The van der Waals surface area contributed by atoms with Crippen molar-refractivity contribution in [3.63, 3.8) is 0 Å². The van der Waals surface area contributed by atoms with E-state index in [0.717, 1.165) is 23.5 Å². The standard InChI is InChI=1S/C23H24Cl2F2N4O4S/c1-11(18-12(24)5-6-13(26)19(18)25)34-16-10-17-15(9-14(16)27)30-21(36-17)31-20(32)28-7-8-29-22(33)35-23(2,3)4/h5-6,9-11H,7-8H2,1-4H3,(H,29,33)(H2,28,30,31,32). The molecule has 1 atom stereocenters. The van der Waals surface area contributed by atoms with Crippen LogP contribution in [0.3, 0.4) is 0 Å². The highest BCUT2D eigenvalue weighted by molar-refractivity contribution is 7.22. The van der Waals surface area contributed by atoms with Crippen molar-refractivity contribution < 1.29 is 27.8 Å². The maximum absolute atomic E-state index is 14.7. The Morgan fingerprint density at radius 3 is 2.50 bits per heavy atom. The van der Waals surface area contributed by atoms with Crippen LogP contribution in [0.15, 0.2) is 24.3 Å². The molecule has 1 heterocycles. The smallest absolute Gasteiger partial charge is 0.407 e. The molecule has 13 heteroatoms. The summed E-state index contributed by atoms with van der Waals surface area (Å²) in [5, 5.41) is 7.86. The first-order valence-electron chi connectivity index (χ1n) is 10.8. The van der Waals surface area contributed by atoms with Crippen molar-refractivity contribution in [2.24, 2.45) is 0 Å². The number of ether oxygens (including phenoxy) is 2. The number of fused-ring (bicyclic) bond motifs is 1. The number of aromatic nitrogens is 1. The predicted octanol–water partition coefficient (Wildman–Crippen LogP) is 6.67. The normalized spacial score (nSPS) is 12.2. The number of alkyl carbamates (subject to hydrolysis) is 1. The van der Waals surface area contributed by atoms with Crippen LogP contribution in [-0.2, 0) is 4.74 Å². The van der Waals surface area contributed by atoms with Gasteiger partial charge in [-0.1, -0.05) is 34.5 Å². The highest BCUT2D eigenvalue weighted by Crippen LogP contribution is 2.37. The number of anilines is 1. The number of benzene rings is 2. The summed E-state index contributed by atoms with van der Waals surface area (Å²) in [6.45, 7) is 7.10. The number of hydrogen-bond donors (Lipinski definition) is 3. The molecule has 0 saturated heterocycles. The Hall–Kier alpha value is -2.89. The van der Waals surface area contributed by atoms with Crippen LogP contribution >= 0.6 is 34.5 Å². The van der Waals surface area contributed by atoms with E-state index >= 15 is 0 Å². The lowest BCUT2D eigenvalue weighted by atomic mass is 10.1. The van der Waals surface area contributed by atoms with Crippen LogP contribution in [0, 0.1) is 11.6 Å². The number of amides is 3. The largest absolute Gasteiger partial charge is 0.483 e. The van der Waals surface area contributed by atoms with Crippen molar-refractivity contribution >= 4 is 62.0 Å². The molecule has 1 unspecified atom stereocenters. The number of rotatable bonds is 7. The molecule has 0 aliphatic heterocycles. The molecule has 0 aliphatic carbocycles. The molecule has 1 aromatic heterocycles. The zero-order valence-corrected chi connectivity index (χ0v) is 22.1. The molecule has 0 fully saturated rings. The van der Waals surface area contributed by atoms with E-state index in [4.69, 9.17) is 32.7 Å². The molecular weight excluding hydrogens is 537 g/mol. The summed E-state index contributed by atoms with van der Waals surface area (Å²) in [5.41, 5.74) is -0.118. The van der Waals surface area contributed by atoms with Gasteiger partial charge in [0.25, 0.3) is 0 Å². The molecule has 0 aliphatic rings. The number of nitrogens with one attached hydrogen (secondary N) is 3. The summed E-state index contributed by atoms with van der Waals surface area (Å²) < 4.78 is 39.9. The maximum Gasteiger partial charge on any atom is 0.407 e. The van der Waals surface area contributed by atoms with Crippen LogP contribution < -0.4 is 20.7 Å². The number of urea groups is 1. The molecular formula is C23H24Cl2F2N4O4S. The predicted molar refractivity (Wildman–Crippen MR) is 136 cm³/mol. The number of carbonyl (C=O) groups is 2. The Labute approximate surface area is 220 Å². The summed E-state index contributed by atoms with van der Waals surface area (Å²) >= 11 is 13.2. The van der Waals surface area contributed by atoms with Crippen LogP contribution in [0.25, 0.3) is 10.2 Å². The summed E-state index contributed by atoms with van der Waals surface area (Å²) in [6, 6.07) is 4.51. The van der Waals surface area contributed by atoms with E-state index in [-0.39, 0.29) is 39.6 Å². The van der Waals surface area contributed by atoms with Crippen molar-refractivity contribution in [2.45, 2.75) is 39.4 Å². The van der Waals surface area contributed by atoms with Gasteiger partial charge in [-0.25, -0.2) is 23.4 Å². The number of nitrogens with zero attached hydrogens (tertiary/aromatic N) is 1. The van der Waals surface area contributed by atoms with E-state index in [1.807, 2.05) is 0 Å². The summed E-state index contributed by atoms with van der Waals surface area (Å²) in [5.74, 6) is -1.48. The molecule has 3 rings (SSSR count). The zero-order valence-electron chi connectivity index (χ0n) is 19.8. The van der Waals surface area contributed by atoms with E-state index in [9.17, 15) is 18.4 Å². The molecule has 194 valence electrons. The summed E-state index contributed by atoms with van der Waals surface area (Å²) in [7, 11) is 0. The minimum Gasteiger partial charge on any atom is -0.483 e. The lowest BCUT2D eigenvalue weighted by molar-refractivity contribution is 0.0528. The number of halogens is 4. The van der Waals surface area contributed by atoms with Crippen molar-refractivity contribution in [1.29, 1.82) is 0 Å². The maximum atomic E-state index is 14.7. The number of hydrogen-bond acceptors (Lipinski definition) is 6. The Kier molecular flexibility index (Phi) is 8.80. The highest BCUT2D eigenvalue weighted by atomic mass is 35.5. The van der Waals surface area contributed by atoms with Gasteiger partial charge in [-0.15, -0.1) is 0 Å². The second kappa shape index (κ2) is 11.4. The zero-order chi connectivity index (χ0) is 26.6. The minimum absolute atomic E-state index is 0.112. The third kappa shape index (κ3) is 7.31. The van der Waals surface area contributed by atoms with Crippen LogP contribution in [0.1, 0.15) is 39.4 Å². The van der Waals surface area contributed by atoms with Gasteiger partial charge in [-0.2, -0.15) is 0 Å². The average molecular weight is 561 g/mol. The van der Waals surface area contributed by atoms with Gasteiger partial charge in [0.1, 0.15) is 17.5 Å². The van der Waals surface area contributed by atoms with Gasteiger partial charge in [0.2, 0.25) is 0 Å². The van der Waals surface area contributed by atoms with Crippen LogP contribution in [0.5, 0.6) is 5.75 Å². The second-order valence-corrected chi connectivity index (χ2v) is 10.4. The van der Waals surface area contributed by atoms with E-state index in [1.54, 1.807) is 27.7 Å². The number of thiazole rings is 1. The molecule has 0 radical (unpaired) electrons. The van der Waals surface area contributed by atoms with Gasteiger partial charge in [-0.3, -0.25) is 5.32 Å². The number of carbonyl (C=O) groups excluding carboxylic acids is 2. The molecule has 3 N–H and O–H groups in total. The molecule has 0 spiro atoms. The molecule has 3 aromatic rings. The molecule has 36 heavy (non-hydrogen) atoms. The average Bonchev–Trinajstić information content (AvgIpc) is 3.14. The lowest BCUT2D eigenvalue weighted by Crippen LogP contribution is -2.39. The Balaban J connectivity index is 1.61. The lowest BCUT2D eigenvalue weighted by Gasteiger charge is -2.19. The fraction of sp³-hybridized carbons (Fsp3) is 0.348. The topological polar surface area (TPSA) is 102 Å². The fourth-order valence-corrected chi connectivity index (χ4v) is 4.58. The van der Waals surface area contributed by atoms with E-state index in [0.29, 0.717) is 10.2 Å². The highest BCUT2D eigenvalue weighted by Gasteiger charge is 2.21. The van der Waals surface area contributed by atoms with Crippen molar-refractivity contribution in [3.8, 4) is 5.75 Å². The summed E-state index contributed by atoms with van der Waals surface area (Å²) in [4.78, 5) is 27.9.